The second-order valence-electron chi connectivity index (χ2n) is 12.4. The van der Waals surface area contributed by atoms with Crippen molar-refractivity contribution in [3.05, 3.63) is 86.0 Å². The van der Waals surface area contributed by atoms with Crippen molar-refractivity contribution in [3.8, 4) is 5.75 Å². The number of imide groups is 1. The zero-order valence-corrected chi connectivity index (χ0v) is 24.1. The lowest BCUT2D eigenvalue weighted by atomic mass is 9.46. The molecule has 6 rings (SSSR count). The molecule has 1 aliphatic heterocycles. The Labute approximate surface area is 243 Å². The van der Waals surface area contributed by atoms with Crippen LogP contribution in [0.4, 0.5) is 11.4 Å². The molecule has 6 atom stereocenters. The van der Waals surface area contributed by atoms with E-state index in [1.54, 1.807) is 27.7 Å². The smallest absolute Gasteiger partial charge is 0.271 e. The van der Waals surface area contributed by atoms with E-state index >= 15 is 0 Å². The number of nitro groups is 1. The molecule has 1 heterocycles. The van der Waals surface area contributed by atoms with E-state index in [0.717, 1.165) is 16.0 Å². The van der Waals surface area contributed by atoms with Crippen LogP contribution in [-0.4, -0.2) is 33.4 Å². The van der Waals surface area contributed by atoms with Crippen LogP contribution in [-0.2, 0) is 19.2 Å². The lowest BCUT2D eigenvalue weighted by Gasteiger charge is -2.54. The lowest BCUT2D eigenvalue weighted by Crippen LogP contribution is -2.55. The Morgan fingerprint density at radius 3 is 2.26 bits per heavy atom. The Kier molecular flexibility index (Phi) is 6.15. The number of fused-ring (bicyclic) bond motifs is 4. The number of hydrogen-bond donors (Lipinski definition) is 1. The minimum atomic E-state index is -1.11. The molecule has 2 fully saturated rings. The maximum Gasteiger partial charge on any atom is 0.271 e. The Balaban J connectivity index is 1.51. The molecule has 9 heteroatoms. The van der Waals surface area contributed by atoms with E-state index < -0.39 is 51.7 Å². The fourth-order valence-electron chi connectivity index (χ4n) is 8.12. The van der Waals surface area contributed by atoms with E-state index in [4.69, 9.17) is 0 Å². The zero-order valence-electron chi connectivity index (χ0n) is 24.1. The summed E-state index contributed by atoms with van der Waals surface area (Å²) in [6.45, 7) is 8.78. The van der Waals surface area contributed by atoms with Gasteiger partial charge >= 0.3 is 0 Å². The van der Waals surface area contributed by atoms with Crippen LogP contribution < -0.4 is 4.90 Å². The molecule has 42 heavy (non-hydrogen) atoms. The van der Waals surface area contributed by atoms with Crippen molar-refractivity contribution in [2.45, 2.75) is 53.4 Å². The fourth-order valence-corrected chi connectivity index (χ4v) is 8.12. The van der Waals surface area contributed by atoms with Gasteiger partial charge in [0.05, 0.1) is 27.9 Å². The molecule has 2 aromatic carbocycles. The van der Waals surface area contributed by atoms with E-state index in [1.807, 2.05) is 25.1 Å². The van der Waals surface area contributed by atoms with Gasteiger partial charge in [0.15, 0.2) is 11.6 Å². The number of anilines is 1. The normalized spacial score (nSPS) is 30.6. The fraction of sp³-hybridized carbons (Fsp3) is 0.394. The van der Waals surface area contributed by atoms with Crippen LogP contribution in [0.3, 0.4) is 0 Å². The maximum absolute atomic E-state index is 14.1. The average Bonchev–Trinajstić information content (AvgIpc) is 3.22. The Morgan fingerprint density at radius 2 is 1.62 bits per heavy atom. The molecular formula is C33H32N2O7. The van der Waals surface area contributed by atoms with Crippen LogP contribution in [0.5, 0.6) is 5.75 Å². The number of aryl methyl sites for hydroxylation is 2. The molecule has 2 aromatic rings. The number of nitrogens with zero attached hydrogens (tertiary/aromatic N) is 2. The number of phenols is 1. The van der Waals surface area contributed by atoms with Gasteiger partial charge in [0, 0.05) is 24.0 Å². The van der Waals surface area contributed by atoms with Crippen molar-refractivity contribution >= 4 is 34.8 Å². The third kappa shape index (κ3) is 3.61. The Bertz CT molecular complexity index is 1680. The number of benzene rings is 2. The van der Waals surface area contributed by atoms with Crippen molar-refractivity contribution < 1.29 is 29.2 Å². The van der Waals surface area contributed by atoms with Gasteiger partial charge in [0.25, 0.3) is 5.69 Å². The first-order valence-corrected chi connectivity index (χ1v) is 14.2. The predicted molar refractivity (Wildman–Crippen MR) is 154 cm³/mol. The molecule has 4 aliphatic rings. The molecule has 0 bridgehead atoms. The second kappa shape index (κ2) is 9.31. The van der Waals surface area contributed by atoms with E-state index in [9.17, 15) is 34.4 Å². The molecule has 0 aromatic heterocycles. The van der Waals surface area contributed by atoms with Crippen molar-refractivity contribution in [3.63, 3.8) is 0 Å². The molecule has 0 radical (unpaired) electrons. The number of ketones is 2. The van der Waals surface area contributed by atoms with E-state index in [2.05, 4.69) is 0 Å². The van der Waals surface area contributed by atoms with Gasteiger partial charge < -0.3 is 5.11 Å². The highest BCUT2D eigenvalue weighted by atomic mass is 16.6. The number of allylic oxidation sites excluding steroid dienone is 4. The van der Waals surface area contributed by atoms with Crippen LogP contribution >= 0.6 is 0 Å². The number of hydrogen-bond acceptors (Lipinski definition) is 7. The topological polar surface area (TPSA) is 135 Å². The minimum Gasteiger partial charge on any atom is -0.507 e. The van der Waals surface area contributed by atoms with Crippen LogP contribution in [0.25, 0.3) is 0 Å². The molecule has 1 N–H and O–H groups in total. The van der Waals surface area contributed by atoms with Gasteiger partial charge in [-0.05, 0) is 80.4 Å². The molecule has 0 spiro atoms. The van der Waals surface area contributed by atoms with Crippen molar-refractivity contribution in [1.29, 1.82) is 0 Å². The number of aromatic hydroxyl groups is 1. The Hall–Kier alpha value is -4.40. The third-order valence-electron chi connectivity index (χ3n) is 10.3. The van der Waals surface area contributed by atoms with Crippen LogP contribution in [0, 0.1) is 53.0 Å². The van der Waals surface area contributed by atoms with Gasteiger partial charge in [-0.25, -0.2) is 4.90 Å². The summed E-state index contributed by atoms with van der Waals surface area (Å²) >= 11 is 0. The Morgan fingerprint density at radius 1 is 0.952 bits per heavy atom. The van der Waals surface area contributed by atoms with Crippen LogP contribution in [0.15, 0.2) is 59.2 Å². The number of non-ortho nitro benzene ring substituents is 1. The number of rotatable bonds is 3. The number of nitro benzene ring substituents is 1. The standard InChI is InChI=1S/C33H32N2O7/c1-15-11-19(12-16(2)28(15)36)27-22-9-10-23-26(24(22)14-25-29(37)17(3)18(4)30(38)33(25,27)5)32(40)34(31(23)39)20-7-6-8-21(13-20)35(41)42/h6-9,11-13,23-27,36H,10,14H2,1-5H3/t23-,24+,25-,26-,27-,33+/m0/s1. The zero-order chi connectivity index (χ0) is 30.4. The number of carbonyl (C=O) groups is 4. The van der Waals surface area contributed by atoms with Gasteiger partial charge in [-0.1, -0.05) is 36.8 Å². The molecule has 0 unspecified atom stereocenters. The van der Waals surface area contributed by atoms with Crippen molar-refractivity contribution in [2.24, 2.45) is 29.1 Å². The molecule has 1 saturated heterocycles. The van der Waals surface area contributed by atoms with Gasteiger partial charge in [-0.3, -0.25) is 29.3 Å². The minimum absolute atomic E-state index is 0.105. The number of amides is 2. The van der Waals surface area contributed by atoms with E-state index in [1.165, 1.54) is 24.3 Å². The summed E-state index contributed by atoms with van der Waals surface area (Å²) in [6, 6.07) is 9.18. The van der Waals surface area contributed by atoms with Crippen LogP contribution in [0.1, 0.15) is 56.2 Å². The summed E-state index contributed by atoms with van der Waals surface area (Å²) in [5.74, 6) is -4.11. The summed E-state index contributed by atoms with van der Waals surface area (Å²) in [5, 5.41) is 21.9. The average molecular weight is 569 g/mol. The second-order valence-corrected chi connectivity index (χ2v) is 12.4. The van der Waals surface area contributed by atoms with Crippen molar-refractivity contribution in [2.75, 3.05) is 4.90 Å². The quantitative estimate of drug-likeness (QED) is 0.231. The summed E-state index contributed by atoms with van der Waals surface area (Å²) in [6.07, 6.45) is 2.48. The van der Waals surface area contributed by atoms with E-state index in [0.29, 0.717) is 22.3 Å². The highest BCUT2D eigenvalue weighted by molar-refractivity contribution is 6.22. The SMILES string of the molecule is CC1=C(C)C(=O)[C@@]2(C)[C@@H](c3cc(C)c(O)c(C)c3)C3=CC[C@@H]4C(=O)N(c5cccc([N+](=O)[O-])c5)C(=O)[C@@H]4[C@@H]3C[C@H]2C1=O. The third-order valence-corrected chi connectivity index (χ3v) is 10.3. The summed E-state index contributed by atoms with van der Waals surface area (Å²) in [5.41, 5.74) is 2.59. The highest BCUT2D eigenvalue weighted by Crippen LogP contribution is 2.63. The van der Waals surface area contributed by atoms with Gasteiger partial charge in [0.1, 0.15) is 5.75 Å². The molecule has 1 saturated carbocycles. The summed E-state index contributed by atoms with van der Waals surface area (Å²) in [7, 11) is 0. The van der Waals surface area contributed by atoms with Gasteiger partial charge in [0.2, 0.25) is 11.8 Å². The molecule has 2 amide bonds. The first kappa shape index (κ1) is 27.8. The monoisotopic (exact) mass is 568 g/mol. The van der Waals surface area contributed by atoms with Crippen LogP contribution in [0.2, 0.25) is 0 Å². The largest absolute Gasteiger partial charge is 0.507 e. The summed E-state index contributed by atoms with van der Waals surface area (Å²) in [4.78, 5) is 67.7. The first-order chi connectivity index (χ1) is 19.8. The summed E-state index contributed by atoms with van der Waals surface area (Å²) < 4.78 is 0. The van der Waals surface area contributed by atoms with Gasteiger partial charge in [-0.2, -0.15) is 0 Å². The molecule has 216 valence electrons. The molecule has 3 aliphatic carbocycles. The maximum atomic E-state index is 14.1. The van der Waals surface area contributed by atoms with Gasteiger partial charge in [-0.15, -0.1) is 0 Å². The predicted octanol–water partition coefficient (Wildman–Crippen LogP) is 5.27. The number of carbonyl (C=O) groups excluding carboxylic acids is 4. The number of phenolic OH excluding ortho intramolecular Hbond substituents is 1. The van der Waals surface area contributed by atoms with Crippen molar-refractivity contribution in [1.82, 2.24) is 0 Å². The van der Waals surface area contributed by atoms with E-state index in [-0.39, 0.29) is 41.5 Å². The highest BCUT2D eigenvalue weighted by Gasteiger charge is 2.64. The first-order valence-electron chi connectivity index (χ1n) is 14.2. The molecular weight excluding hydrogens is 536 g/mol. The molecule has 9 nitrogen and oxygen atoms in total. The number of Topliss-reactive ketones (excluding diaryl/α,β-unsaturated/α-hetero) is 2. The lowest BCUT2D eigenvalue weighted by molar-refractivity contribution is -0.384.